The highest BCUT2D eigenvalue weighted by Gasteiger charge is 2.14. The number of fused-ring (bicyclic) bond motifs is 1. The molecule has 1 aromatic carbocycles. The molecule has 29 heavy (non-hydrogen) atoms. The molecule has 4 rings (SSSR count). The smallest absolute Gasteiger partial charge is 0.257 e. The summed E-state index contributed by atoms with van der Waals surface area (Å²) in [6, 6.07) is 13.4. The van der Waals surface area contributed by atoms with Crippen LogP contribution < -0.4 is 5.32 Å². The second-order valence-electron chi connectivity index (χ2n) is 7.11. The van der Waals surface area contributed by atoms with E-state index in [1.54, 1.807) is 24.5 Å². The second-order valence-corrected chi connectivity index (χ2v) is 7.11. The first-order valence-corrected chi connectivity index (χ1v) is 9.69. The van der Waals surface area contributed by atoms with Gasteiger partial charge < -0.3 is 9.88 Å². The molecule has 3 aromatic heterocycles. The maximum Gasteiger partial charge on any atom is 0.257 e. The lowest BCUT2D eigenvalue weighted by Crippen LogP contribution is -2.12. The van der Waals surface area contributed by atoms with Gasteiger partial charge in [-0.25, -0.2) is 9.97 Å². The lowest BCUT2D eigenvalue weighted by atomic mass is 10.2. The molecule has 6 heteroatoms. The minimum atomic E-state index is -0.171. The summed E-state index contributed by atoms with van der Waals surface area (Å²) in [5.74, 6) is 0.852. The summed E-state index contributed by atoms with van der Waals surface area (Å²) in [5, 5.41) is 2.90. The molecule has 0 aliphatic carbocycles. The number of anilines is 1. The third-order valence-corrected chi connectivity index (χ3v) is 4.89. The van der Waals surface area contributed by atoms with Gasteiger partial charge in [0.25, 0.3) is 5.91 Å². The molecular formula is C23H23N5O. The number of pyridine rings is 2. The van der Waals surface area contributed by atoms with Crippen molar-refractivity contribution in [3.8, 4) is 0 Å². The minimum absolute atomic E-state index is 0.171. The third kappa shape index (κ3) is 3.87. The van der Waals surface area contributed by atoms with E-state index in [1.165, 1.54) is 0 Å². The molecule has 0 aliphatic rings. The van der Waals surface area contributed by atoms with Crippen molar-refractivity contribution in [2.75, 3.05) is 5.32 Å². The van der Waals surface area contributed by atoms with Crippen LogP contribution in [0.25, 0.3) is 11.2 Å². The van der Waals surface area contributed by atoms with Gasteiger partial charge in [-0.05, 0) is 55.3 Å². The van der Waals surface area contributed by atoms with Gasteiger partial charge in [-0.15, -0.1) is 0 Å². The average molecular weight is 385 g/mol. The van der Waals surface area contributed by atoms with Crippen LogP contribution in [0.5, 0.6) is 0 Å². The van der Waals surface area contributed by atoms with Crippen LogP contribution in [0.2, 0.25) is 0 Å². The van der Waals surface area contributed by atoms with Crippen molar-refractivity contribution in [2.24, 2.45) is 0 Å². The van der Waals surface area contributed by atoms with E-state index < -0.39 is 0 Å². The summed E-state index contributed by atoms with van der Waals surface area (Å²) in [6.45, 7) is 6.88. The summed E-state index contributed by atoms with van der Waals surface area (Å²) in [5.41, 5.74) is 6.44. The highest BCUT2D eigenvalue weighted by molar-refractivity contribution is 6.04. The van der Waals surface area contributed by atoms with E-state index in [0.717, 1.165) is 45.9 Å². The van der Waals surface area contributed by atoms with Crippen LogP contribution in [0, 0.1) is 13.8 Å². The quantitative estimate of drug-likeness (QED) is 0.556. The maximum absolute atomic E-state index is 12.3. The Morgan fingerprint density at radius 2 is 1.90 bits per heavy atom. The molecule has 3 heterocycles. The molecule has 146 valence electrons. The zero-order valence-electron chi connectivity index (χ0n) is 16.8. The lowest BCUT2D eigenvalue weighted by Gasteiger charge is -2.10. The molecule has 0 spiro atoms. The van der Waals surface area contributed by atoms with Crippen LogP contribution in [-0.2, 0) is 13.0 Å². The first-order valence-electron chi connectivity index (χ1n) is 9.69. The van der Waals surface area contributed by atoms with E-state index >= 15 is 0 Å². The van der Waals surface area contributed by atoms with Gasteiger partial charge >= 0.3 is 0 Å². The topological polar surface area (TPSA) is 72.7 Å². The molecule has 0 aliphatic heterocycles. The summed E-state index contributed by atoms with van der Waals surface area (Å²) >= 11 is 0. The first-order chi connectivity index (χ1) is 14.0. The number of aryl methyl sites for hydroxylation is 3. The van der Waals surface area contributed by atoms with Gasteiger partial charge in [0.05, 0.1) is 12.1 Å². The van der Waals surface area contributed by atoms with E-state index in [-0.39, 0.29) is 5.91 Å². The molecule has 0 unspecified atom stereocenters. The molecular weight excluding hydrogens is 362 g/mol. The van der Waals surface area contributed by atoms with Crippen LogP contribution in [0.15, 0.2) is 54.9 Å². The highest BCUT2D eigenvalue weighted by atomic mass is 16.1. The van der Waals surface area contributed by atoms with Crippen molar-refractivity contribution in [2.45, 2.75) is 33.7 Å². The second kappa shape index (κ2) is 7.83. The van der Waals surface area contributed by atoms with E-state index in [9.17, 15) is 4.79 Å². The number of rotatable bonds is 5. The van der Waals surface area contributed by atoms with Gasteiger partial charge in [-0.1, -0.05) is 19.1 Å². The van der Waals surface area contributed by atoms with Gasteiger partial charge in [0.2, 0.25) is 0 Å². The van der Waals surface area contributed by atoms with E-state index in [1.807, 2.05) is 31.2 Å². The number of imidazole rings is 1. The minimum Gasteiger partial charge on any atom is -0.322 e. The summed E-state index contributed by atoms with van der Waals surface area (Å²) in [6.07, 6.45) is 4.04. The Morgan fingerprint density at radius 1 is 1.10 bits per heavy atom. The Kier molecular flexibility index (Phi) is 5.08. The van der Waals surface area contributed by atoms with Gasteiger partial charge in [-0.2, -0.15) is 0 Å². The molecule has 1 amide bonds. The van der Waals surface area contributed by atoms with Crippen LogP contribution >= 0.6 is 0 Å². The average Bonchev–Trinajstić information content (AvgIpc) is 3.08. The number of nitrogens with one attached hydrogen (secondary N) is 1. The van der Waals surface area contributed by atoms with E-state index in [0.29, 0.717) is 12.1 Å². The van der Waals surface area contributed by atoms with Gasteiger partial charge in [-0.3, -0.25) is 9.78 Å². The number of aromatic nitrogens is 4. The number of amides is 1. The summed E-state index contributed by atoms with van der Waals surface area (Å²) in [4.78, 5) is 25.8. The van der Waals surface area contributed by atoms with Gasteiger partial charge in [0.1, 0.15) is 11.3 Å². The fraction of sp³-hybridized carbons (Fsp3) is 0.217. The Bertz CT molecular complexity index is 1160. The molecule has 4 aromatic rings. The molecule has 6 nitrogen and oxygen atoms in total. The molecule has 0 radical (unpaired) electrons. The van der Waals surface area contributed by atoms with Crippen molar-refractivity contribution in [1.82, 2.24) is 19.5 Å². The van der Waals surface area contributed by atoms with Crippen molar-refractivity contribution in [1.29, 1.82) is 0 Å². The standard InChI is InChI=1S/C23H23N5O/c1-4-20-27-21-15(2)12-16(3)25-22(21)28(20)14-17-7-9-19(10-8-17)26-23(29)18-6-5-11-24-13-18/h5-13H,4,14H2,1-3H3,(H,26,29). The van der Waals surface area contributed by atoms with Crippen LogP contribution in [0.1, 0.15) is 39.9 Å². The van der Waals surface area contributed by atoms with Gasteiger partial charge in [0.15, 0.2) is 5.65 Å². The number of nitrogens with zero attached hydrogens (tertiary/aromatic N) is 4. The number of hydrogen-bond acceptors (Lipinski definition) is 4. The zero-order chi connectivity index (χ0) is 20.4. The predicted octanol–water partition coefficient (Wildman–Crippen LogP) is 4.31. The van der Waals surface area contributed by atoms with Crippen molar-refractivity contribution in [3.63, 3.8) is 0 Å². The Balaban J connectivity index is 1.57. The number of carbonyl (C=O) groups is 1. The van der Waals surface area contributed by atoms with Crippen molar-refractivity contribution >= 4 is 22.8 Å². The lowest BCUT2D eigenvalue weighted by molar-refractivity contribution is 0.102. The fourth-order valence-corrected chi connectivity index (χ4v) is 3.46. The molecule has 0 saturated carbocycles. The fourth-order valence-electron chi connectivity index (χ4n) is 3.46. The summed E-state index contributed by atoms with van der Waals surface area (Å²) < 4.78 is 2.18. The van der Waals surface area contributed by atoms with E-state index in [4.69, 9.17) is 9.97 Å². The van der Waals surface area contributed by atoms with Gasteiger partial charge in [0, 0.05) is 30.2 Å². The monoisotopic (exact) mass is 385 g/mol. The number of carbonyl (C=O) groups excluding carboxylic acids is 1. The van der Waals surface area contributed by atoms with Crippen molar-refractivity contribution < 1.29 is 4.79 Å². The highest BCUT2D eigenvalue weighted by Crippen LogP contribution is 2.21. The van der Waals surface area contributed by atoms with Crippen molar-refractivity contribution in [3.05, 3.63) is 83.1 Å². The van der Waals surface area contributed by atoms with Crippen LogP contribution in [0.4, 0.5) is 5.69 Å². The largest absolute Gasteiger partial charge is 0.322 e. The van der Waals surface area contributed by atoms with E-state index in [2.05, 4.69) is 34.8 Å². The molecule has 0 atom stereocenters. The number of benzene rings is 1. The Labute approximate surface area is 169 Å². The first kappa shape index (κ1) is 18.8. The Morgan fingerprint density at radius 3 is 2.59 bits per heavy atom. The van der Waals surface area contributed by atoms with Crippen LogP contribution in [0.3, 0.4) is 0 Å². The molecule has 0 bridgehead atoms. The molecule has 0 saturated heterocycles. The normalized spacial score (nSPS) is 11.0. The predicted molar refractivity (Wildman–Crippen MR) is 114 cm³/mol. The summed E-state index contributed by atoms with van der Waals surface area (Å²) in [7, 11) is 0. The molecule has 0 fully saturated rings. The van der Waals surface area contributed by atoms with Crippen LogP contribution in [-0.4, -0.2) is 25.4 Å². The Hall–Kier alpha value is -3.54. The zero-order valence-corrected chi connectivity index (χ0v) is 16.8. The molecule has 1 N–H and O–H groups in total. The number of hydrogen-bond donors (Lipinski definition) is 1. The SMILES string of the molecule is CCc1nc2c(C)cc(C)nc2n1Cc1ccc(NC(=O)c2cccnc2)cc1. The third-order valence-electron chi connectivity index (χ3n) is 4.89. The maximum atomic E-state index is 12.3.